The molecule has 0 atom stereocenters. The van der Waals surface area contributed by atoms with Crippen molar-refractivity contribution < 1.29 is 9.53 Å². The number of anilines is 1. The molecule has 0 fully saturated rings. The van der Waals surface area contributed by atoms with Gasteiger partial charge in [-0.2, -0.15) is 0 Å². The molecule has 4 nitrogen and oxygen atoms in total. The van der Waals surface area contributed by atoms with Crippen molar-refractivity contribution in [1.29, 1.82) is 0 Å². The molecule has 128 valence electrons. The van der Waals surface area contributed by atoms with Gasteiger partial charge in [0.1, 0.15) is 5.69 Å². The number of ether oxygens (including phenoxy) is 1. The topological polar surface area (TPSA) is 51.2 Å². The number of para-hydroxylation sites is 1. The first-order valence-corrected chi connectivity index (χ1v) is 8.24. The fourth-order valence-electron chi connectivity index (χ4n) is 2.66. The molecular weight excluding hydrogens is 312 g/mol. The minimum absolute atomic E-state index is 0.0560. The van der Waals surface area contributed by atoms with Crippen LogP contribution in [-0.2, 0) is 5.41 Å². The molecule has 2 aromatic carbocycles. The maximum absolute atomic E-state index is 12.6. The maximum Gasteiger partial charge on any atom is 0.255 e. The molecular formula is C21H22N2O2. The number of benzene rings is 2. The molecule has 0 aliphatic rings. The molecule has 0 aliphatic carbocycles. The van der Waals surface area contributed by atoms with Crippen LogP contribution in [0.2, 0.25) is 0 Å². The molecule has 3 rings (SSSR count). The van der Waals surface area contributed by atoms with Gasteiger partial charge in [0.25, 0.3) is 5.91 Å². The summed E-state index contributed by atoms with van der Waals surface area (Å²) in [7, 11) is 1.55. The number of nitrogens with zero attached hydrogens (tertiary/aromatic N) is 1. The molecule has 1 N–H and O–H groups in total. The van der Waals surface area contributed by atoms with Gasteiger partial charge in [-0.1, -0.05) is 51.1 Å². The van der Waals surface area contributed by atoms with Crippen molar-refractivity contribution in [2.75, 3.05) is 12.4 Å². The van der Waals surface area contributed by atoms with E-state index in [-0.39, 0.29) is 11.3 Å². The third kappa shape index (κ3) is 3.63. The molecule has 0 spiro atoms. The third-order valence-corrected chi connectivity index (χ3v) is 4.14. The molecule has 0 radical (unpaired) electrons. The lowest BCUT2D eigenvalue weighted by Gasteiger charge is -2.19. The number of methoxy groups -OCH3 is 1. The molecule has 25 heavy (non-hydrogen) atoms. The molecule has 1 heterocycles. The van der Waals surface area contributed by atoms with E-state index in [0.29, 0.717) is 17.1 Å². The van der Waals surface area contributed by atoms with E-state index in [1.165, 1.54) is 5.56 Å². The van der Waals surface area contributed by atoms with Crippen LogP contribution in [0.15, 0.2) is 54.6 Å². The van der Waals surface area contributed by atoms with E-state index in [1.54, 1.807) is 7.11 Å². The molecule has 4 heteroatoms. The summed E-state index contributed by atoms with van der Waals surface area (Å²) in [5.74, 6) is 0.217. The summed E-state index contributed by atoms with van der Waals surface area (Å²) in [6.45, 7) is 6.44. The van der Waals surface area contributed by atoms with Crippen molar-refractivity contribution in [3.05, 3.63) is 65.7 Å². The highest BCUT2D eigenvalue weighted by Gasteiger charge is 2.16. The summed E-state index contributed by atoms with van der Waals surface area (Å²) in [5, 5.41) is 3.85. The third-order valence-electron chi connectivity index (χ3n) is 4.14. The zero-order valence-electron chi connectivity index (χ0n) is 15.0. The van der Waals surface area contributed by atoms with Crippen LogP contribution in [0, 0.1) is 0 Å². The van der Waals surface area contributed by atoms with Crippen molar-refractivity contribution in [2.45, 2.75) is 26.2 Å². The van der Waals surface area contributed by atoms with Crippen LogP contribution < -0.4 is 10.1 Å². The van der Waals surface area contributed by atoms with Gasteiger partial charge in [-0.25, -0.2) is 4.98 Å². The predicted octanol–water partition coefficient (Wildman–Crippen LogP) is 4.79. The Morgan fingerprint density at radius 2 is 1.72 bits per heavy atom. The Hall–Kier alpha value is -2.88. The summed E-state index contributed by atoms with van der Waals surface area (Å²) in [5.41, 5.74) is 3.23. The number of nitrogens with one attached hydrogen (secondary N) is 1. The van der Waals surface area contributed by atoms with Gasteiger partial charge in [-0.3, -0.25) is 4.79 Å². The molecule has 0 unspecified atom stereocenters. The van der Waals surface area contributed by atoms with E-state index in [9.17, 15) is 4.79 Å². The van der Waals surface area contributed by atoms with E-state index < -0.39 is 0 Å². The lowest BCUT2D eigenvalue weighted by molar-refractivity contribution is 0.102. The monoisotopic (exact) mass is 334 g/mol. The van der Waals surface area contributed by atoms with Crippen molar-refractivity contribution in [2.24, 2.45) is 0 Å². The smallest absolute Gasteiger partial charge is 0.255 e. The fraction of sp³-hybridized carbons (Fsp3) is 0.238. The van der Waals surface area contributed by atoms with Crippen molar-refractivity contribution >= 4 is 22.5 Å². The van der Waals surface area contributed by atoms with Crippen molar-refractivity contribution in [1.82, 2.24) is 4.98 Å². The van der Waals surface area contributed by atoms with Crippen molar-refractivity contribution in [3.8, 4) is 5.88 Å². The average Bonchev–Trinajstić information content (AvgIpc) is 2.60. The average molecular weight is 334 g/mol. The van der Waals surface area contributed by atoms with Crippen LogP contribution in [0.5, 0.6) is 5.88 Å². The zero-order chi connectivity index (χ0) is 18.0. The summed E-state index contributed by atoms with van der Waals surface area (Å²) < 4.78 is 5.33. The Kier molecular flexibility index (Phi) is 4.45. The van der Waals surface area contributed by atoms with E-state index >= 15 is 0 Å². The van der Waals surface area contributed by atoms with E-state index in [4.69, 9.17) is 4.74 Å². The molecule has 1 amide bonds. The Bertz CT molecular complexity index is 909. The van der Waals surface area contributed by atoms with Gasteiger partial charge in [0, 0.05) is 10.9 Å². The molecule has 3 aromatic rings. The van der Waals surface area contributed by atoms with Gasteiger partial charge in [0.15, 0.2) is 0 Å². The van der Waals surface area contributed by atoms with Gasteiger partial charge >= 0.3 is 0 Å². The Labute approximate surface area is 147 Å². The summed E-state index contributed by atoms with van der Waals surface area (Å²) in [6.07, 6.45) is 0. The molecule has 1 aromatic heterocycles. The first-order chi connectivity index (χ1) is 11.9. The fourth-order valence-corrected chi connectivity index (χ4v) is 2.66. The standard InChI is InChI=1S/C21H22N2O2/c1-21(2,3)16-11-9-14(10-12-16)19(24)22-18-13-15-7-5-6-8-17(15)23-20(18)25-4/h5-13H,1-4H3,(H,22,24). The van der Waals surface area contributed by atoms with Crippen LogP contribution in [0.1, 0.15) is 36.7 Å². The predicted molar refractivity (Wildman–Crippen MR) is 101 cm³/mol. The number of hydrogen-bond donors (Lipinski definition) is 1. The van der Waals surface area contributed by atoms with Gasteiger partial charge in [-0.15, -0.1) is 0 Å². The number of hydrogen-bond acceptors (Lipinski definition) is 3. The van der Waals surface area contributed by atoms with Gasteiger partial charge in [-0.05, 0) is 35.2 Å². The first kappa shape index (κ1) is 17.0. The van der Waals surface area contributed by atoms with Crippen LogP contribution in [0.3, 0.4) is 0 Å². The van der Waals surface area contributed by atoms with E-state index in [0.717, 1.165) is 10.9 Å². The Morgan fingerprint density at radius 3 is 2.36 bits per heavy atom. The number of carbonyl (C=O) groups is 1. The SMILES string of the molecule is COc1nc2ccccc2cc1NC(=O)c1ccc(C(C)(C)C)cc1. The number of carbonyl (C=O) groups excluding carboxylic acids is 1. The minimum atomic E-state index is -0.184. The largest absolute Gasteiger partial charge is 0.479 e. The molecule has 0 saturated carbocycles. The number of pyridine rings is 1. The Morgan fingerprint density at radius 1 is 1.04 bits per heavy atom. The molecule has 0 saturated heterocycles. The van der Waals surface area contributed by atoms with E-state index in [1.807, 2.05) is 54.6 Å². The van der Waals surface area contributed by atoms with Gasteiger partial charge in [0.05, 0.1) is 12.6 Å². The van der Waals surface area contributed by atoms with Crippen molar-refractivity contribution in [3.63, 3.8) is 0 Å². The second-order valence-electron chi connectivity index (χ2n) is 7.02. The normalized spacial score (nSPS) is 11.4. The lowest BCUT2D eigenvalue weighted by atomic mass is 9.87. The highest BCUT2D eigenvalue weighted by molar-refractivity contribution is 6.05. The summed E-state index contributed by atoms with van der Waals surface area (Å²) >= 11 is 0. The summed E-state index contributed by atoms with van der Waals surface area (Å²) in [4.78, 5) is 17.0. The lowest BCUT2D eigenvalue weighted by Crippen LogP contribution is -2.15. The number of amides is 1. The van der Waals surface area contributed by atoms with Crippen LogP contribution in [0.25, 0.3) is 10.9 Å². The summed E-state index contributed by atoms with van der Waals surface area (Å²) in [6, 6.07) is 17.3. The number of rotatable bonds is 3. The second kappa shape index (κ2) is 6.55. The quantitative estimate of drug-likeness (QED) is 0.749. The number of fused-ring (bicyclic) bond motifs is 1. The highest BCUT2D eigenvalue weighted by Crippen LogP contribution is 2.27. The molecule has 0 aliphatic heterocycles. The molecule has 0 bridgehead atoms. The zero-order valence-corrected chi connectivity index (χ0v) is 15.0. The van der Waals surface area contributed by atoms with Gasteiger partial charge in [0.2, 0.25) is 5.88 Å². The highest BCUT2D eigenvalue weighted by atomic mass is 16.5. The second-order valence-corrected chi connectivity index (χ2v) is 7.02. The first-order valence-electron chi connectivity index (χ1n) is 8.24. The Balaban J connectivity index is 1.88. The van der Waals surface area contributed by atoms with Crippen LogP contribution in [0.4, 0.5) is 5.69 Å². The van der Waals surface area contributed by atoms with E-state index in [2.05, 4.69) is 31.1 Å². The van der Waals surface area contributed by atoms with Crippen LogP contribution >= 0.6 is 0 Å². The van der Waals surface area contributed by atoms with Crippen LogP contribution in [-0.4, -0.2) is 18.0 Å². The maximum atomic E-state index is 12.6. The van der Waals surface area contributed by atoms with Gasteiger partial charge < -0.3 is 10.1 Å². The minimum Gasteiger partial charge on any atom is -0.479 e. The number of aromatic nitrogens is 1.